The Morgan fingerprint density at radius 3 is 2.29 bits per heavy atom. The van der Waals surface area contributed by atoms with Gasteiger partial charge in [-0.15, -0.1) is 0 Å². The molecule has 4 heteroatoms. The van der Waals surface area contributed by atoms with E-state index in [1.165, 1.54) is 5.56 Å². The van der Waals surface area contributed by atoms with Crippen molar-refractivity contribution in [3.05, 3.63) is 51.7 Å². The van der Waals surface area contributed by atoms with Gasteiger partial charge in [0.1, 0.15) is 10.7 Å². The fourth-order valence-corrected chi connectivity index (χ4v) is 2.60. The maximum atomic E-state index is 6.10. The summed E-state index contributed by atoms with van der Waals surface area (Å²) in [6.45, 7) is 10.0. The van der Waals surface area contributed by atoms with E-state index in [2.05, 4.69) is 18.0 Å². The Labute approximate surface area is 131 Å². The number of aromatic nitrogens is 1. The molecule has 0 amide bonds. The fraction of sp³-hybridized carbons (Fsp3) is 0.294. The molecule has 1 aromatic carbocycles. The molecule has 0 fully saturated rings. The first-order valence-electron chi connectivity index (χ1n) is 6.84. The van der Waals surface area contributed by atoms with Gasteiger partial charge in [0.25, 0.3) is 0 Å². The Kier molecular flexibility index (Phi) is 4.28. The molecule has 0 saturated carbocycles. The van der Waals surface area contributed by atoms with Crippen molar-refractivity contribution in [2.24, 2.45) is 5.73 Å². The molecule has 0 spiro atoms. The van der Waals surface area contributed by atoms with Gasteiger partial charge in [-0.25, -0.2) is 4.98 Å². The van der Waals surface area contributed by atoms with Crippen LogP contribution in [0, 0.1) is 34.6 Å². The van der Waals surface area contributed by atoms with Crippen LogP contribution in [0.5, 0.6) is 11.6 Å². The Morgan fingerprint density at radius 2 is 1.67 bits per heavy atom. The lowest BCUT2D eigenvalue weighted by Crippen LogP contribution is -2.14. The summed E-state index contributed by atoms with van der Waals surface area (Å²) in [4.78, 5) is 4.78. The van der Waals surface area contributed by atoms with Gasteiger partial charge in [-0.1, -0.05) is 24.4 Å². The molecule has 3 nitrogen and oxygen atoms in total. The van der Waals surface area contributed by atoms with Crippen molar-refractivity contribution in [2.45, 2.75) is 34.6 Å². The number of thiocarbonyl (C=S) groups is 1. The van der Waals surface area contributed by atoms with Crippen LogP contribution >= 0.6 is 12.2 Å². The first-order chi connectivity index (χ1) is 9.81. The minimum atomic E-state index is 0.304. The van der Waals surface area contributed by atoms with Crippen LogP contribution < -0.4 is 10.5 Å². The van der Waals surface area contributed by atoms with Crippen LogP contribution in [0.3, 0.4) is 0 Å². The first-order valence-corrected chi connectivity index (χ1v) is 7.24. The van der Waals surface area contributed by atoms with Crippen molar-refractivity contribution in [3.63, 3.8) is 0 Å². The summed E-state index contributed by atoms with van der Waals surface area (Å²) in [7, 11) is 0. The van der Waals surface area contributed by atoms with Gasteiger partial charge >= 0.3 is 0 Å². The molecule has 110 valence electrons. The number of aryl methyl sites for hydroxylation is 4. The standard InChI is InChI=1S/C17H20N2OS/c1-9-6-7-10(2)15(13(9)5)20-17-14(16(18)21)11(3)8-12(4)19-17/h6-8H,1-5H3,(H2,18,21). The molecular formula is C17H20N2OS. The van der Waals surface area contributed by atoms with Gasteiger partial charge in [-0.3, -0.25) is 0 Å². The van der Waals surface area contributed by atoms with E-state index in [4.69, 9.17) is 22.7 Å². The average molecular weight is 300 g/mol. The van der Waals surface area contributed by atoms with Crippen LogP contribution in [-0.2, 0) is 0 Å². The SMILES string of the molecule is Cc1cc(C)c(C(N)=S)c(Oc2c(C)ccc(C)c2C)n1. The highest BCUT2D eigenvalue weighted by Crippen LogP contribution is 2.32. The number of pyridine rings is 1. The highest BCUT2D eigenvalue weighted by molar-refractivity contribution is 7.80. The maximum absolute atomic E-state index is 6.10. The topological polar surface area (TPSA) is 48.1 Å². The molecule has 0 atom stereocenters. The van der Waals surface area contributed by atoms with Gasteiger partial charge in [0.15, 0.2) is 0 Å². The third kappa shape index (κ3) is 3.05. The van der Waals surface area contributed by atoms with Crippen LogP contribution in [-0.4, -0.2) is 9.97 Å². The van der Waals surface area contributed by atoms with E-state index >= 15 is 0 Å². The van der Waals surface area contributed by atoms with Gasteiger partial charge in [0, 0.05) is 5.69 Å². The van der Waals surface area contributed by atoms with E-state index < -0.39 is 0 Å². The Balaban J connectivity index is 2.60. The lowest BCUT2D eigenvalue weighted by molar-refractivity contribution is 0.453. The van der Waals surface area contributed by atoms with E-state index in [1.54, 1.807) is 0 Å². The van der Waals surface area contributed by atoms with Crippen molar-refractivity contribution < 1.29 is 4.74 Å². The van der Waals surface area contributed by atoms with Crippen molar-refractivity contribution in [1.82, 2.24) is 4.98 Å². The van der Waals surface area contributed by atoms with Gasteiger partial charge in [-0.2, -0.15) is 0 Å². The van der Waals surface area contributed by atoms with Gasteiger partial charge in [0.05, 0.1) is 5.56 Å². The summed E-state index contributed by atoms with van der Waals surface area (Å²) in [6.07, 6.45) is 0. The second-order valence-corrected chi connectivity index (χ2v) is 5.82. The number of hydrogen-bond donors (Lipinski definition) is 1. The Morgan fingerprint density at radius 1 is 1.05 bits per heavy atom. The third-order valence-electron chi connectivity index (χ3n) is 3.63. The van der Waals surface area contributed by atoms with Crippen molar-refractivity contribution in [2.75, 3.05) is 0 Å². The van der Waals surface area contributed by atoms with E-state index in [1.807, 2.05) is 39.8 Å². The number of benzene rings is 1. The van der Waals surface area contributed by atoms with Gasteiger partial charge < -0.3 is 10.5 Å². The van der Waals surface area contributed by atoms with E-state index in [0.29, 0.717) is 16.4 Å². The molecule has 2 rings (SSSR count). The highest BCUT2D eigenvalue weighted by Gasteiger charge is 2.16. The predicted octanol–water partition coefficient (Wildman–Crippen LogP) is 4.05. The van der Waals surface area contributed by atoms with E-state index in [0.717, 1.165) is 28.1 Å². The van der Waals surface area contributed by atoms with Gasteiger partial charge in [-0.05, 0) is 62.9 Å². The summed E-state index contributed by atoms with van der Waals surface area (Å²) in [6, 6.07) is 6.08. The monoisotopic (exact) mass is 300 g/mol. The fourth-order valence-electron chi connectivity index (χ4n) is 2.36. The second-order valence-electron chi connectivity index (χ2n) is 5.38. The van der Waals surface area contributed by atoms with Crippen LogP contribution in [0.15, 0.2) is 18.2 Å². The maximum Gasteiger partial charge on any atom is 0.230 e. The number of hydrogen-bond acceptors (Lipinski definition) is 3. The van der Waals surface area contributed by atoms with Crippen molar-refractivity contribution in [3.8, 4) is 11.6 Å². The van der Waals surface area contributed by atoms with Crippen molar-refractivity contribution in [1.29, 1.82) is 0 Å². The molecule has 1 heterocycles. The number of rotatable bonds is 3. The molecule has 0 aliphatic heterocycles. The Hall–Kier alpha value is -1.94. The van der Waals surface area contributed by atoms with Gasteiger partial charge in [0.2, 0.25) is 5.88 Å². The zero-order valence-electron chi connectivity index (χ0n) is 13.1. The summed E-state index contributed by atoms with van der Waals surface area (Å²) in [5.41, 5.74) is 11.7. The average Bonchev–Trinajstić information content (AvgIpc) is 2.38. The minimum Gasteiger partial charge on any atom is -0.438 e. The molecule has 1 aromatic heterocycles. The molecule has 0 unspecified atom stereocenters. The third-order valence-corrected chi connectivity index (χ3v) is 3.83. The zero-order valence-corrected chi connectivity index (χ0v) is 13.9. The van der Waals surface area contributed by atoms with Crippen LogP contribution in [0.2, 0.25) is 0 Å². The summed E-state index contributed by atoms with van der Waals surface area (Å²) < 4.78 is 6.10. The van der Waals surface area contributed by atoms with Crippen LogP contribution in [0.4, 0.5) is 0 Å². The quantitative estimate of drug-likeness (QED) is 0.869. The van der Waals surface area contributed by atoms with Crippen LogP contribution in [0.25, 0.3) is 0 Å². The summed E-state index contributed by atoms with van der Waals surface area (Å²) >= 11 is 5.15. The molecule has 0 bridgehead atoms. The second kappa shape index (κ2) is 5.82. The first kappa shape index (κ1) is 15.4. The molecule has 0 saturated heterocycles. The number of ether oxygens (including phenoxy) is 1. The molecule has 0 aliphatic carbocycles. The smallest absolute Gasteiger partial charge is 0.230 e. The molecular weight excluding hydrogens is 280 g/mol. The number of nitrogens with two attached hydrogens (primary N) is 1. The normalized spacial score (nSPS) is 10.5. The lowest BCUT2D eigenvalue weighted by atomic mass is 10.1. The molecule has 0 aliphatic rings. The minimum absolute atomic E-state index is 0.304. The predicted molar refractivity (Wildman–Crippen MR) is 90.3 cm³/mol. The van der Waals surface area contributed by atoms with Crippen molar-refractivity contribution >= 4 is 17.2 Å². The summed E-state index contributed by atoms with van der Waals surface area (Å²) in [5, 5.41) is 0. The molecule has 0 radical (unpaired) electrons. The Bertz CT molecular complexity index is 723. The summed E-state index contributed by atoms with van der Waals surface area (Å²) in [5.74, 6) is 1.31. The van der Waals surface area contributed by atoms with E-state index in [9.17, 15) is 0 Å². The molecule has 2 aromatic rings. The highest BCUT2D eigenvalue weighted by atomic mass is 32.1. The number of nitrogens with zero attached hydrogens (tertiary/aromatic N) is 1. The lowest BCUT2D eigenvalue weighted by Gasteiger charge is -2.16. The van der Waals surface area contributed by atoms with E-state index in [-0.39, 0.29) is 0 Å². The largest absolute Gasteiger partial charge is 0.438 e. The van der Waals surface area contributed by atoms with Crippen LogP contribution in [0.1, 0.15) is 33.5 Å². The molecule has 21 heavy (non-hydrogen) atoms. The zero-order chi connectivity index (χ0) is 15.7. The molecule has 2 N–H and O–H groups in total.